The molecule has 1 amide bonds. The number of fused-ring (bicyclic) bond motifs is 1. The molecule has 0 bridgehead atoms. The Hall–Kier alpha value is -1.10. The molecule has 18 heavy (non-hydrogen) atoms. The second-order valence-electron chi connectivity index (χ2n) is 4.39. The Morgan fingerprint density at radius 1 is 1.56 bits per heavy atom. The van der Waals surface area contributed by atoms with Crippen LogP contribution in [0.3, 0.4) is 0 Å². The number of benzene rings is 1. The van der Waals surface area contributed by atoms with Crippen LogP contribution in [0, 0.1) is 0 Å². The van der Waals surface area contributed by atoms with Gasteiger partial charge in [-0.1, -0.05) is 6.32 Å². The fourth-order valence-electron chi connectivity index (χ4n) is 2.08. The van der Waals surface area contributed by atoms with Crippen molar-refractivity contribution < 1.29 is 9.53 Å². The van der Waals surface area contributed by atoms with E-state index in [1.54, 1.807) is 7.11 Å². The topological polar surface area (TPSA) is 29.5 Å². The summed E-state index contributed by atoms with van der Waals surface area (Å²) in [6, 6.07) is 6.11. The molecule has 1 aliphatic heterocycles. The van der Waals surface area contributed by atoms with Crippen molar-refractivity contribution in [3.05, 3.63) is 23.8 Å². The molecule has 0 spiro atoms. The second kappa shape index (κ2) is 6.18. The van der Waals surface area contributed by atoms with Crippen LogP contribution in [0.5, 0.6) is 5.75 Å². The number of hydrogen-bond donors (Lipinski definition) is 0. The van der Waals surface area contributed by atoms with E-state index in [9.17, 15) is 4.79 Å². The molecule has 1 aromatic rings. The van der Waals surface area contributed by atoms with Gasteiger partial charge in [-0.25, -0.2) is 0 Å². The van der Waals surface area contributed by atoms with E-state index in [0.29, 0.717) is 13.0 Å². The number of ether oxygens (including phenoxy) is 1. The molecule has 5 heteroatoms. The Labute approximate surface area is 113 Å². The lowest BCUT2D eigenvalue weighted by Gasteiger charge is -2.20. The summed E-state index contributed by atoms with van der Waals surface area (Å²) in [5, 5.41) is 0. The summed E-state index contributed by atoms with van der Waals surface area (Å²) in [5.74, 6) is 2.09. The number of nitrogens with zero attached hydrogens (tertiary/aromatic N) is 1. The Kier molecular flexibility index (Phi) is 4.58. The molecule has 2 rings (SSSR count). The number of carbonyl (C=O) groups excluding carboxylic acids is 1. The van der Waals surface area contributed by atoms with Gasteiger partial charge in [0.1, 0.15) is 13.6 Å². The monoisotopic (exact) mass is 263 g/mol. The minimum Gasteiger partial charge on any atom is -0.497 e. The van der Waals surface area contributed by atoms with Gasteiger partial charge in [0.15, 0.2) is 0 Å². The molecule has 96 valence electrons. The highest BCUT2D eigenvalue weighted by Gasteiger charge is 2.18. The lowest BCUT2D eigenvalue weighted by molar-refractivity contribution is -0.131. The third-order valence-corrected chi connectivity index (χ3v) is 4.16. The van der Waals surface area contributed by atoms with Crippen LogP contribution in [-0.2, 0) is 11.3 Å². The van der Waals surface area contributed by atoms with E-state index in [0.717, 1.165) is 24.4 Å². The van der Waals surface area contributed by atoms with Crippen molar-refractivity contribution in [2.75, 3.05) is 19.4 Å². The first-order valence-electron chi connectivity index (χ1n) is 6.32. The van der Waals surface area contributed by atoms with Gasteiger partial charge < -0.3 is 9.64 Å². The molecule has 0 atom stereocenters. The van der Waals surface area contributed by atoms with Gasteiger partial charge in [-0.15, -0.1) is 11.8 Å². The highest BCUT2D eigenvalue weighted by molar-refractivity contribution is 7.99. The van der Waals surface area contributed by atoms with Crippen molar-refractivity contribution in [2.24, 2.45) is 0 Å². The van der Waals surface area contributed by atoms with Gasteiger partial charge in [0.2, 0.25) is 5.91 Å². The normalized spacial score (nSPS) is 14.8. The molecule has 1 aromatic carbocycles. The van der Waals surface area contributed by atoms with Gasteiger partial charge in [-0.05, 0) is 23.8 Å². The maximum atomic E-state index is 12.0. The van der Waals surface area contributed by atoms with Crippen molar-refractivity contribution in [1.29, 1.82) is 0 Å². The van der Waals surface area contributed by atoms with Crippen molar-refractivity contribution in [3.63, 3.8) is 0 Å². The third kappa shape index (κ3) is 3.02. The fraction of sp³-hybridized carbons (Fsp3) is 0.462. The molecule has 0 saturated carbocycles. The first-order chi connectivity index (χ1) is 8.74. The number of thioether (sulfide) groups is 1. The largest absolute Gasteiger partial charge is 0.497 e. The molecule has 0 aromatic heterocycles. The number of carbonyl (C=O) groups is 1. The third-order valence-electron chi connectivity index (χ3n) is 3.06. The van der Waals surface area contributed by atoms with Crippen molar-refractivity contribution >= 4 is 25.5 Å². The Morgan fingerprint density at radius 2 is 2.39 bits per heavy atom. The summed E-state index contributed by atoms with van der Waals surface area (Å²) in [7, 11) is 3.72. The Morgan fingerprint density at radius 3 is 3.11 bits per heavy atom. The maximum absolute atomic E-state index is 12.0. The van der Waals surface area contributed by atoms with Crippen molar-refractivity contribution in [2.45, 2.75) is 24.2 Å². The van der Waals surface area contributed by atoms with Crippen LogP contribution in [0.1, 0.15) is 12.0 Å². The fourth-order valence-corrected chi connectivity index (χ4v) is 3.09. The Bertz CT molecular complexity index is 439. The van der Waals surface area contributed by atoms with Crippen LogP contribution in [0.2, 0.25) is 6.32 Å². The zero-order chi connectivity index (χ0) is 13.0. The van der Waals surface area contributed by atoms with E-state index in [1.807, 2.05) is 36.6 Å². The van der Waals surface area contributed by atoms with E-state index in [-0.39, 0.29) is 5.91 Å². The van der Waals surface area contributed by atoms with Gasteiger partial charge in [-0.3, -0.25) is 4.79 Å². The average molecular weight is 263 g/mol. The van der Waals surface area contributed by atoms with Gasteiger partial charge in [-0.2, -0.15) is 0 Å². The lowest BCUT2D eigenvalue weighted by Crippen LogP contribution is -2.31. The van der Waals surface area contributed by atoms with Crippen LogP contribution in [0.15, 0.2) is 23.1 Å². The smallest absolute Gasteiger partial charge is 0.222 e. The first kappa shape index (κ1) is 13.3. The van der Waals surface area contributed by atoms with Gasteiger partial charge >= 0.3 is 0 Å². The quantitative estimate of drug-likeness (QED) is 0.775. The van der Waals surface area contributed by atoms with E-state index < -0.39 is 0 Å². The molecule has 1 heterocycles. The molecule has 1 aliphatic rings. The summed E-state index contributed by atoms with van der Waals surface area (Å²) in [6.07, 6.45) is 1.55. The van der Waals surface area contributed by atoms with Gasteiger partial charge in [0.05, 0.1) is 7.11 Å². The summed E-state index contributed by atoms with van der Waals surface area (Å²) < 4.78 is 5.25. The molecule has 0 unspecified atom stereocenters. The van der Waals surface area contributed by atoms with Gasteiger partial charge in [0.25, 0.3) is 0 Å². The second-order valence-corrected chi connectivity index (χ2v) is 5.52. The molecule has 0 aliphatic carbocycles. The SMILES string of the molecule is BCCC(=O)N1CCSc2ccc(OC)cc2C1. The van der Waals surface area contributed by atoms with Crippen LogP contribution in [0.4, 0.5) is 0 Å². The number of amides is 1. The van der Waals surface area contributed by atoms with E-state index >= 15 is 0 Å². The zero-order valence-electron chi connectivity index (χ0n) is 10.9. The molecule has 0 N–H and O–H groups in total. The predicted molar refractivity (Wildman–Crippen MR) is 77.1 cm³/mol. The molecular formula is C13H18BNO2S. The summed E-state index contributed by atoms with van der Waals surface area (Å²) in [4.78, 5) is 15.2. The lowest BCUT2D eigenvalue weighted by atomic mass is 10.0. The van der Waals surface area contributed by atoms with Crippen LogP contribution < -0.4 is 4.74 Å². The van der Waals surface area contributed by atoms with E-state index in [2.05, 4.69) is 6.07 Å². The summed E-state index contributed by atoms with van der Waals surface area (Å²) >= 11 is 1.82. The summed E-state index contributed by atoms with van der Waals surface area (Å²) in [6.45, 7) is 1.54. The van der Waals surface area contributed by atoms with Crippen LogP contribution in [0.25, 0.3) is 0 Å². The van der Waals surface area contributed by atoms with Crippen LogP contribution >= 0.6 is 11.8 Å². The van der Waals surface area contributed by atoms with E-state index in [4.69, 9.17) is 4.74 Å². The molecule has 0 saturated heterocycles. The molecular weight excluding hydrogens is 245 g/mol. The molecule has 3 nitrogen and oxygen atoms in total. The number of methoxy groups -OCH3 is 1. The Balaban J connectivity index is 2.19. The predicted octanol–water partition coefficient (Wildman–Crippen LogP) is 1.57. The van der Waals surface area contributed by atoms with Crippen molar-refractivity contribution in [3.8, 4) is 5.75 Å². The van der Waals surface area contributed by atoms with Crippen molar-refractivity contribution in [1.82, 2.24) is 4.90 Å². The number of rotatable bonds is 3. The number of hydrogen-bond acceptors (Lipinski definition) is 3. The molecule has 0 fully saturated rings. The minimum atomic E-state index is 0.258. The first-order valence-corrected chi connectivity index (χ1v) is 7.30. The molecule has 0 radical (unpaired) electrons. The van der Waals surface area contributed by atoms with E-state index in [1.165, 1.54) is 10.5 Å². The standard InChI is InChI=1S/C13H18BNO2S/c1-17-11-2-3-12-10(8-11)9-15(6-7-18-12)13(16)4-5-14/h2-3,8H,4-7,9,14H2,1H3. The minimum absolute atomic E-state index is 0.258. The van der Waals surface area contributed by atoms with Crippen LogP contribution in [-0.4, -0.2) is 38.1 Å². The average Bonchev–Trinajstić information content (AvgIpc) is 2.60. The van der Waals surface area contributed by atoms with Gasteiger partial charge in [0, 0.05) is 30.2 Å². The summed E-state index contributed by atoms with van der Waals surface area (Å²) in [5.41, 5.74) is 1.20. The highest BCUT2D eigenvalue weighted by atomic mass is 32.2. The maximum Gasteiger partial charge on any atom is 0.222 e. The zero-order valence-corrected chi connectivity index (χ0v) is 11.8. The highest BCUT2D eigenvalue weighted by Crippen LogP contribution is 2.30.